The second-order valence-electron chi connectivity index (χ2n) is 2.64. The lowest BCUT2D eigenvalue weighted by Gasteiger charge is -2.00. The average Bonchev–Trinajstić information content (AvgIpc) is 2.48. The summed E-state index contributed by atoms with van der Waals surface area (Å²) in [7, 11) is 0. The molecule has 3 heteroatoms. The van der Waals surface area contributed by atoms with Crippen molar-refractivity contribution in [3.8, 4) is 0 Å². The fourth-order valence-electron chi connectivity index (χ4n) is 1.13. The van der Waals surface area contributed by atoms with Crippen LogP contribution in [0.25, 0.3) is 10.1 Å². The van der Waals surface area contributed by atoms with E-state index < -0.39 is 0 Å². The Morgan fingerprint density at radius 2 is 2.25 bits per heavy atom. The summed E-state index contributed by atoms with van der Waals surface area (Å²) in [4.78, 5) is 0. The molecule has 1 aromatic carbocycles. The molecule has 0 bridgehead atoms. The van der Waals surface area contributed by atoms with Gasteiger partial charge in [-0.25, -0.2) is 4.39 Å². The van der Waals surface area contributed by atoms with Crippen LogP contribution < -0.4 is 0 Å². The summed E-state index contributed by atoms with van der Waals surface area (Å²) < 4.78 is 14.1. The van der Waals surface area contributed by atoms with E-state index >= 15 is 0 Å². The summed E-state index contributed by atoms with van der Waals surface area (Å²) in [6.45, 7) is 1.69. The first-order valence-corrected chi connectivity index (χ1v) is 4.77. The van der Waals surface area contributed by atoms with Gasteiger partial charge in [0, 0.05) is 5.56 Å². The van der Waals surface area contributed by atoms with Gasteiger partial charge in [-0.05, 0) is 29.8 Å². The Balaban J connectivity index is 2.94. The number of rotatable bonds is 0. The van der Waals surface area contributed by atoms with Gasteiger partial charge in [-0.15, -0.1) is 11.3 Å². The lowest BCUT2D eigenvalue weighted by Crippen LogP contribution is -1.82. The van der Waals surface area contributed by atoms with Crippen molar-refractivity contribution in [3.63, 3.8) is 0 Å². The normalized spacial score (nSPS) is 10.9. The molecule has 0 saturated heterocycles. The highest BCUT2D eigenvalue weighted by Crippen LogP contribution is 2.32. The van der Waals surface area contributed by atoms with Crippen molar-refractivity contribution < 1.29 is 4.39 Å². The van der Waals surface area contributed by atoms with E-state index in [1.165, 1.54) is 17.4 Å². The molecule has 0 aliphatic heterocycles. The highest BCUT2D eigenvalue weighted by molar-refractivity contribution is 7.17. The maximum absolute atomic E-state index is 13.1. The highest BCUT2D eigenvalue weighted by atomic mass is 35.5. The zero-order chi connectivity index (χ0) is 8.72. The van der Waals surface area contributed by atoms with Crippen molar-refractivity contribution in [2.75, 3.05) is 0 Å². The van der Waals surface area contributed by atoms with Gasteiger partial charge in [-0.2, -0.15) is 0 Å². The van der Waals surface area contributed by atoms with Gasteiger partial charge in [-0.3, -0.25) is 0 Å². The first-order chi connectivity index (χ1) is 5.70. The minimum absolute atomic E-state index is 0.231. The van der Waals surface area contributed by atoms with Gasteiger partial charge in [0.05, 0.1) is 9.72 Å². The average molecular weight is 201 g/mol. The van der Waals surface area contributed by atoms with E-state index in [2.05, 4.69) is 0 Å². The molecular weight excluding hydrogens is 195 g/mol. The molecule has 0 aliphatic rings. The number of hydrogen-bond donors (Lipinski definition) is 0. The monoisotopic (exact) mass is 200 g/mol. The van der Waals surface area contributed by atoms with Gasteiger partial charge >= 0.3 is 0 Å². The molecule has 2 rings (SSSR count). The molecule has 0 nitrogen and oxygen atoms in total. The maximum atomic E-state index is 13.1. The summed E-state index contributed by atoms with van der Waals surface area (Å²) in [6.07, 6.45) is 0. The van der Waals surface area contributed by atoms with Crippen LogP contribution in [0, 0.1) is 12.7 Å². The lowest BCUT2D eigenvalue weighted by molar-refractivity contribution is 0.621. The summed E-state index contributed by atoms with van der Waals surface area (Å²) in [5.74, 6) is -0.231. The van der Waals surface area contributed by atoms with Crippen LogP contribution in [-0.4, -0.2) is 0 Å². The van der Waals surface area contributed by atoms with Crippen molar-refractivity contribution in [2.24, 2.45) is 0 Å². The van der Waals surface area contributed by atoms with Gasteiger partial charge in [-0.1, -0.05) is 11.6 Å². The predicted molar refractivity (Wildman–Crippen MR) is 51.5 cm³/mol. The molecule has 0 saturated carbocycles. The molecule has 0 fully saturated rings. The van der Waals surface area contributed by atoms with Gasteiger partial charge in [0.1, 0.15) is 5.82 Å². The van der Waals surface area contributed by atoms with Gasteiger partial charge in [0.15, 0.2) is 0 Å². The van der Waals surface area contributed by atoms with Crippen molar-refractivity contribution in [2.45, 2.75) is 6.92 Å². The third-order valence-corrected chi connectivity index (χ3v) is 3.40. The maximum Gasteiger partial charge on any atom is 0.128 e. The van der Waals surface area contributed by atoms with Gasteiger partial charge in [0.25, 0.3) is 0 Å². The van der Waals surface area contributed by atoms with Crippen LogP contribution in [0.5, 0.6) is 0 Å². The van der Waals surface area contributed by atoms with Crippen molar-refractivity contribution in [1.82, 2.24) is 0 Å². The molecular formula is C9H6ClFS. The van der Waals surface area contributed by atoms with E-state index in [4.69, 9.17) is 11.6 Å². The van der Waals surface area contributed by atoms with E-state index in [0.717, 1.165) is 10.1 Å². The predicted octanol–water partition coefficient (Wildman–Crippen LogP) is 4.00. The summed E-state index contributed by atoms with van der Waals surface area (Å²) >= 11 is 7.48. The summed E-state index contributed by atoms with van der Waals surface area (Å²) in [5, 5.41) is 3.34. The van der Waals surface area contributed by atoms with Crippen molar-refractivity contribution in [3.05, 3.63) is 33.9 Å². The molecule has 0 spiro atoms. The van der Waals surface area contributed by atoms with Gasteiger partial charge < -0.3 is 0 Å². The molecule has 62 valence electrons. The molecule has 2 aromatic rings. The number of halogens is 2. The first-order valence-electron chi connectivity index (χ1n) is 3.52. The lowest BCUT2D eigenvalue weighted by atomic mass is 10.2. The fourth-order valence-corrected chi connectivity index (χ4v) is 2.33. The standard InChI is InChI=1S/C9H6ClFS/c1-5-7(11)4-6-2-3-12-9(6)8(5)10/h2-4H,1H3. The Morgan fingerprint density at radius 1 is 1.50 bits per heavy atom. The number of hydrogen-bond acceptors (Lipinski definition) is 1. The molecule has 0 aliphatic carbocycles. The van der Waals surface area contributed by atoms with Crippen molar-refractivity contribution in [1.29, 1.82) is 0 Å². The second-order valence-corrected chi connectivity index (χ2v) is 3.93. The topological polar surface area (TPSA) is 0 Å². The molecule has 1 heterocycles. The van der Waals surface area contributed by atoms with E-state index in [9.17, 15) is 4.39 Å². The quantitative estimate of drug-likeness (QED) is 0.603. The van der Waals surface area contributed by atoms with E-state index in [-0.39, 0.29) is 5.82 Å². The largest absolute Gasteiger partial charge is 0.207 e. The molecule has 12 heavy (non-hydrogen) atoms. The van der Waals surface area contributed by atoms with Crippen LogP contribution in [-0.2, 0) is 0 Å². The minimum atomic E-state index is -0.231. The van der Waals surface area contributed by atoms with E-state index in [1.54, 1.807) is 6.92 Å². The molecule has 0 radical (unpaired) electrons. The molecule has 0 amide bonds. The first kappa shape index (κ1) is 8.02. The molecule has 0 unspecified atom stereocenters. The summed E-state index contributed by atoms with van der Waals surface area (Å²) in [6, 6.07) is 3.39. The third kappa shape index (κ3) is 1.03. The van der Waals surface area contributed by atoms with Gasteiger partial charge in [0.2, 0.25) is 0 Å². The summed E-state index contributed by atoms with van der Waals surface area (Å²) in [5.41, 5.74) is 0.534. The highest BCUT2D eigenvalue weighted by Gasteiger charge is 2.08. The van der Waals surface area contributed by atoms with Crippen LogP contribution in [0.15, 0.2) is 17.5 Å². The van der Waals surface area contributed by atoms with E-state index in [1.807, 2.05) is 11.4 Å². The van der Waals surface area contributed by atoms with Crippen LogP contribution >= 0.6 is 22.9 Å². The van der Waals surface area contributed by atoms with Crippen LogP contribution in [0.4, 0.5) is 4.39 Å². The minimum Gasteiger partial charge on any atom is -0.207 e. The Labute approximate surface area is 78.6 Å². The number of thiophene rings is 1. The number of benzene rings is 1. The Kier molecular flexibility index (Phi) is 1.81. The Bertz CT molecular complexity index is 433. The zero-order valence-electron chi connectivity index (χ0n) is 6.40. The second kappa shape index (κ2) is 2.71. The zero-order valence-corrected chi connectivity index (χ0v) is 7.97. The van der Waals surface area contributed by atoms with Crippen molar-refractivity contribution >= 4 is 33.0 Å². The van der Waals surface area contributed by atoms with Crippen LogP contribution in [0.2, 0.25) is 5.02 Å². The fraction of sp³-hybridized carbons (Fsp3) is 0.111. The van der Waals surface area contributed by atoms with Crippen LogP contribution in [0.3, 0.4) is 0 Å². The Morgan fingerprint density at radius 3 is 3.00 bits per heavy atom. The Hall–Kier alpha value is -0.600. The van der Waals surface area contributed by atoms with Crippen LogP contribution in [0.1, 0.15) is 5.56 Å². The third-order valence-electron chi connectivity index (χ3n) is 1.86. The smallest absolute Gasteiger partial charge is 0.128 e. The molecule has 1 aromatic heterocycles. The molecule has 0 atom stereocenters. The SMILES string of the molecule is Cc1c(F)cc2ccsc2c1Cl. The molecule has 0 N–H and O–H groups in total. The number of fused-ring (bicyclic) bond motifs is 1. The van der Waals surface area contributed by atoms with E-state index in [0.29, 0.717) is 10.6 Å².